The number of halogens is 2. The number of carbonyl (C=O) groups is 2. The molecular weight excluding hydrogens is 636 g/mol. The molecule has 15 nitrogen and oxygen atoms in total. The van der Waals surface area contributed by atoms with Crippen molar-refractivity contribution in [2.24, 2.45) is 5.41 Å². The molecule has 1 amide bonds. The molecule has 2 aromatic rings. The summed E-state index contributed by atoms with van der Waals surface area (Å²) in [7, 11) is -4.39. The van der Waals surface area contributed by atoms with Crippen molar-refractivity contribution in [3.8, 4) is 0 Å². The fourth-order valence-corrected chi connectivity index (χ4v) is 6.60. The maximum absolute atomic E-state index is 15.7. The predicted molar refractivity (Wildman–Crippen MR) is 144 cm³/mol. The fourth-order valence-electron chi connectivity index (χ4n) is 4.32. The Bertz CT molecular complexity index is 1410. The van der Waals surface area contributed by atoms with Crippen molar-refractivity contribution in [3.05, 3.63) is 22.6 Å². The Balaban J connectivity index is 1.42. The van der Waals surface area contributed by atoms with Crippen LogP contribution in [0.1, 0.15) is 40.3 Å². The topological polar surface area (TPSA) is 206 Å². The molecule has 0 radical (unpaired) electrons. The van der Waals surface area contributed by atoms with Crippen LogP contribution in [0.3, 0.4) is 0 Å². The lowest BCUT2D eigenvalue weighted by Gasteiger charge is -2.39. The van der Waals surface area contributed by atoms with Gasteiger partial charge >= 0.3 is 13.8 Å². The number of nitrogens with one attached hydrogen (secondary N) is 2. The summed E-state index contributed by atoms with van der Waals surface area (Å²) in [5.41, 5.74) is 4.15. The summed E-state index contributed by atoms with van der Waals surface area (Å²) in [6.45, 7) is 5.81. The van der Waals surface area contributed by atoms with Gasteiger partial charge in [-0.25, -0.2) is 8.96 Å². The number of H-pyrrole nitrogens is 1. The summed E-state index contributed by atoms with van der Waals surface area (Å²) < 4.78 is 54.4. The standard InChI is InChI=1S/C23H32BrFN5O10P/c1-11(2)38-14(31)5-7-27-19(34)16-22(3,4)10-37-41(35,40-16)36-9-13-15(32)23(24,25)20(39-13)30-8-6-12-17(30)28-21(26)29-18(12)33/h6,8,11,13,15-16,20,32H,5,7,9-10H2,1-4H3,(H,27,34)(H3,26,28,29,33)/t13-,15?,16+,20?,23?,41?/m1/s1. The maximum Gasteiger partial charge on any atom is 0.475 e. The van der Waals surface area contributed by atoms with E-state index in [9.17, 15) is 24.1 Å². The number of nitrogen functional groups attached to an aromatic ring is 1. The second-order valence-corrected chi connectivity index (χ2v) is 13.5. The van der Waals surface area contributed by atoms with Crippen LogP contribution >= 0.6 is 23.8 Å². The van der Waals surface area contributed by atoms with E-state index >= 15 is 4.39 Å². The number of aromatic amines is 1. The van der Waals surface area contributed by atoms with Crippen LogP contribution in [-0.4, -0.2) is 80.3 Å². The van der Waals surface area contributed by atoms with Gasteiger partial charge in [-0.1, -0.05) is 13.8 Å². The van der Waals surface area contributed by atoms with E-state index in [0.717, 1.165) is 0 Å². The van der Waals surface area contributed by atoms with Crippen molar-refractivity contribution in [2.45, 2.75) is 69.3 Å². The van der Waals surface area contributed by atoms with Crippen molar-refractivity contribution in [3.63, 3.8) is 0 Å². The van der Waals surface area contributed by atoms with Crippen molar-refractivity contribution < 1.29 is 46.7 Å². The van der Waals surface area contributed by atoms with Crippen molar-refractivity contribution >= 4 is 52.6 Å². The average molecular weight is 668 g/mol. The van der Waals surface area contributed by atoms with Gasteiger partial charge in [0.1, 0.15) is 12.2 Å². The zero-order chi connectivity index (χ0) is 30.3. The van der Waals surface area contributed by atoms with Gasteiger partial charge in [-0.15, -0.1) is 0 Å². The molecule has 0 aromatic carbocycles. The van der Waals surface area contributed by atoms with Gasteiger partial charge in [0.05, 0.1) is 31.1 Å². The normalized spacial score (nSPS) is 31.4. The van der Waals surface area contributed by atoms with E-state index in [0.29, 0.717) is 0 Å². The highest BCUT2D eigenvalue weighted by atomic mass is 79.9. The Kier molecular flexibility index (Phi) is 9.00. The second-order valence-electron chi connectivity index (χ2n) is 10.6. The van der Waals surface area contributed by atoms with E-state index in [-0.39, 0.29) is 42.7 Å². The minimum Gasteiger partial charge on any atom is -0.463 e. The van der Waals surface area contributed by atoms with Gasteiger partial charge in [-0.2, -0.15) is 4.98 Å². The molecule has 2 aliphatic heterocycles. The molecule has 41 heavy (non-hydrogen) atoms. The number of esters is 1. The Morgan fingerprint density at radius 3 is 2.83 bits per heavy atom. The SMILES string of the molecule is CC(C)OC(=O)CCNC(=O)[C@@H]1OP(=O)(OC[C@H]2OC(n3ccc4c(=O)[nH]c(N)nc43)C(F)(Br)C2O)OCC1(C)C. The second kappa shape index (κ2) is 11.7. The van der Waals surface area contributed by atoms with Crippen LogP contribution in [0.2, 0.25) is 0 Å². The number of nitrogens with zero attached hydrogens (tertiary/aromatic N) is 2. The third-order valence-electron chi connectivity index (χ3n) is 6.40. The van der Waals surface area contributed by atoms with Gasteiger partial charge in [0.25, 0.3) is 5.56 Å². The van der Waals surface area contributed by atoms with Gasteiger partial charge in [-0.3, -0.25) is 32.9 Å². The van der Waals surface area contributed by atoms with Gasteiger partial charge in [-0.05, 0) is 35.8 Å². The number of anilines is 1. The van der Waals surface area contributed by atoms with Gasteiger partial charge in [0, 0.05) is 18.2 Å². The molecule has 0 aliphatic carbocycles. The molecule has 0 bridgehead atoms. The Labute approximate surface area is 241 Å². The summed E-state index contributed by atoms with van der Waals surface area (Å²) in [6.07, 6.45) is -5.11. The highest BCUT2D eigenvalue weighted by Gasteiger charge is 2.58. The molecule has 18 heteroatoms. The van der Waals surface area contributed by atoms with Crippen LogP contribution in [0, 0.1) is 5.41 Å². The number of carbonyl (C=O) groups excluding carboxylic acids is 2. The molecule has 2 aromatic heterocycles. The molecule has 5 N–H and O–H groups in total. The Hall–Kier alpha value is -2.40. The number of aliphatic hydroxyl groups excluding tert-OH is 1. The van der Waals surface area contributed by atoms with Crippen LogP contribution in [0.15, 0.2) is 17.1 Å². The molecule has 0 saturated carbocycles. The number of fused-ring (bicyclic) bond motifs is 1. The number of phosphoric acid groups is 1. The van der Waals surface area contributed by atoms with E-state index < -0.39 is 66.4 Å². The number of ether oxygens (including phenoxy) is 2. The van der Waals surface area contributed by atoms with Crippen LogP contribution < -0.4 is 16.6 Å². The molecule has 4 rings (SSSR count). The van der Waals surface area contributed by atoms with E-state index in [4.69, 9.17) is 28.8 Å². The highest BCUT2D eigenvalue weighted by Crippen LogP contribution is 2.58. The largest absolute Gasteiger partial charge is 0.475 e. The first-order chi connectivity index (χ1) is 19.0. The maximum atomic E-state index is 15.7. The summed E-state index contributed by atoms with van der Waals surface area (Å²) in [5.74, 6) is -1.35. The summed E-state index contributed by atoms with van der Waals surface area (Å²) >= 11 is 2.85. The lowest BCUT2D eigenvalue weighted by molar-refractivity contribution is -0.147. The monoisotopic (exact) mass is 667 g/mol. The first-order valence-electron chi connectivity index (χ1n) is 12.7. The number of aromatic nitrogens is 3. The first-order valence-corrected chi connectivity index (χ1v) is 14.9. The lowest BCUT2D eigenvalue weighted by Crippen LogP contribution is -2.50. The minimum atomic E-state index is -4.39. The molecule has 2 saturated heterocycles. The van der Waals surface area contributed by atoms with Crippen LogP contribution in [0.25, 0.3) is 11.0 Å². The van der Waals surface area contributed by atoms with Gasteiger partial charge in [0.2, 0.25) is 16.4 Å². The van der Waals surface area contributed by atoms with Gasteiger partial charge in [0.15, 0.2) is 18.0 Å². The van der Waals surface area contributed by atoms with E-state index in [1.54, 1.807) is 27.7 Å². The summed E-state index contributed by atoms with van der Waals surface area (Å²) in [6, 6.07) is 1.38. The zero-order valence-corrected chi connectivity index (χ0v) is 25.1. The van der Waals surface area contributed by atoms with Crippen LogP contribution in [0.4, 0.5) is 10.3 Å². The summed E-state index contributed by atoms with van der Waals surface area (Å²) in [5, 5.41) is 13.3. The quantitative estimate of drug-likeness (QED) is 0.171. The van der Waals surface area contributed by atoms with Crippen molar-refractivity contribution in [2.75, 3.05) is 25.5 Å². The third-order valence-corrected chi connectivity index (χ3v) is 8.64. The third kappa shape index (κ3) is 6.66. The van der Waals surface area contributed by atoms with Crippen LogP contribution in [-0.2, 0) is 37.2 Å². The van der Waals surface area contributed by atoms with E-state index in [1.165, 1.54) is 16.8 Å². The molecule has 228 valence electrons. The number of phosphoric ester groups is 1. The van der Waals surface area contributed by atoms with E-state index in [2.05, 4.69) is 31.2 Å². The van der Waals surface area contributed by atoms with Crippen molar-refractivity contribution in [1.29, 1.82) is 0 Å². The smallest absolute Gasteiger partial charge is 0.463 e. The molecule has 4 heterocycles. The van der Waals surface area contributed by atoms with Crippen molar-refractivity contribution in [1.82, 2.24) is 19.9 Å². The van der Waals surface area contributed by atoms with Crippen LogP contribution in [0.5, 0.6) is 0 Å². The Morgan fingerprint density at radius 1 is 1.44 bits per heavy atom. The molecule has 2 fully saturated rings. The number of rotatable bonds is 9. The lowest BCUT2D eigenvalue weighted by atomic mass is 9.87. The average Bonchev–Trinajstić information content (AvgIpc) is 3.37. The van der Waals surface area contributed by atoms with Gasteiger partial charge < -0.3 is 30.2 Å². The molecule has 2 aliphatic rings. The fraction of sp³-hybridized carbons (Fsp3) is 0.652. The minimum absolute atomic E-state index is 0.00629. The Morgan fingerprint density at radius 2 is 2.15 bits per heavy atom. The number of amides is 1. The highest BCUT2D eigenvalue weighted by molar-refractivity contribution is 9.10. The number of hydrogen-bond donors (Lipinski definition) is 4. The number of alkyl halides is 2. The molecule has 0 spiro atoms. The molecule has 6 atom stereocenters. The molecule has 4 unspecified atom stereocenters. The zero-order valence-electron chi connectivity index (χ0n) is 22.7. The predicted octanol–water partition coefficient (Wildman–Crippen LogP) is 1.65. The molecular formula is C23H32BrFN5O10P. The number of aliphatic hydroxyl groups is 1. The van der Waals surface area contributed by atoms with E-state index in [1.807, 2.05) is 0 Å². The number of nitrogens with two attached hydrogens (primary N) is 1. The first kappa shape index (κ1) is 31.5. The summed E-state index contributed by atoms with van der Waals surface area (Å²) in [4.78, 5) is 43.1. The number of hydrogen-bond acceptors (Lipinski definition) is 12.